The second-order valence-electron chi connectivity index (χ2n) is 4.62. The van der Waals surface area contributed by atoms with Crippen LogP contribution in [0.5, 0.6) is 0 Å². The minimum absolute atomic E-state index is 0.0828. The highest BCUT2D eigenvalue weighted by Crippen LogP contribution is 2.27. The fourth-order valence-corrected chi connectivity index (χ4v) is 2.26. The molecule has 0 spiro atoms. The first-order chi connectivity index (χ1) is 8.74. The zero-order chi connectivity index (χ0) is 13.0. The molecule has 1 aliphatic rings. The SMILES string of the molecule is CCNC(=O)c1noc(C2CC(CC)CCN2)n1. The molecule has 2 atom stereocenters. The monoisotopic (exact) mass is 252 g/mol. The van der Waals surface area contributed by atoms with Crippen LogP contribution < -0.4 is 10.6 Å². The molecule has 0 aromatic carbocycles. The van der Waals surface area contributed by atoms with Crippen molar-refractivity contribution >= 4 is 5.91 Å². The molecule has 100 valence electrons. The van der Waals surface area contributed by atoms with Gasteiger partial charge >= 0.3 is 0 Å². The molecule has 0 aliphatic carbocycles. The van der Waals surface area contributed by atoms with Gasteiger partial charge in [0.15, 0.2) is 0 Å². The Bertz CT molecular complexity index is 405. The number of aromatic nitrogens is 2. The lowest BCUT2D eigenvalue weighted by Gasteiger charge is -2.27. The maximum Gasteiger partial charge on any atom is 0.292 e. The van der Waals surface area contributed by atoms with E-state index >= 15 is 0 Å². The van der Waals surface area contributed by atoms with Crippen LogP contribution in [0.4, 0.5) is 0 Å². The average molecular weight is 252 g/mol. The molecule has 0 bridgehead atoms. The predicted molar refractivity (Wildman–Crippen MR) is 66.1 cm³/mol. The minimum atomic E-state index is -0.282. The lowest BCUT2D eigenvalue weighted by atomic mass is 9.90. The van der Waals surface area contributed by atoms with Crippen molar-refractivity contribution in [1.82, 2.24) is 20.8 Å². The molecule has 0 saturated carbocycles. The summed E-state index contributed by atoms with van der Waals surface area (Å²) in [4.78, 5) is 15.7. The molecule has 0 radical (unpaired) electrons. The second-order valence-corrected chi connectivity index (χ2v) is 4.62. The minimum Gasteiger partial charge on any atom is -0.349 e. The molecule has 18 heavy (non-hydrogen) atoms. The predicted octanol–water partition coefficient (Wildman–Crippen LogP) is 1.27. The zero-order valence-corrected chi connectivity index (χ0v) is 10.9. The van der Waals surface area contributed by atoms with Crippen molar-refractivity contribution in [3.8, 4) is 0 Å². The van der Waals surface area contributed by atoms with Gasteiger partial charge in [0.2, 0.25) is 5.89 Å². The van der Waals surface area contributed by atoms with Crippen LogP contribution in [0.25, 0.3) is 0 Å². The number of carbonyl (C=O) groups is 1. The lowest BCUT2D eigenvalue weighted by molar-refractivity contribution is 0.0942. The molecule has 2 heterocycles. The van der Waals surface area contributed by atoms with E-state index in [-0.39, 0.29) is 17.8 Å². The normalized spacial score (nSPS) is 23.9. The van der Waals surface area contributed by atoms with Crippen LogP contribution in [0, 0.1) is 5.92 Å². The fraction of sp³-hybridized carbons (Fsp3) is 0.750. The largest absolute Gasteiger partial charge is 0.349 e. The number of hydrogen-bond donors (Lipinski definition) is 2. The Kier molecular flexibility index (Phi) is 4.30. The van der Waals surface area contributed by atoms with Crippen LogP contribution in [0.15, 0.2) is 4.52 Å². The molecule has 2 rings (SSSR count). The van der Waals surface area contributed by atoms with Crippen molar-refractivity contribution in [2.45, 2.75) is 39.2 Å². The summed E-state index contributed by atoms with van der Waals surface area (Å²) in [5, 5.41) is 9.73. The summed E-state index contributed by atoms with van der Waals surface area (Å²) in [6.45, 7) is 5.57. The third-order valence-corrected chi connectivity index (χ3v) is 3.37. The highest BCUT2D eigenvalue weighted by molar-refractivity contribution is 5.90. The molecule has 6 heteroatoms. The van der Waals surface area contributed by atoms with Gasteiger partial charge in [-0.05, 0) is 32.2 Å². The Morgan fingerprint density at radius 1 is 1.56 bits per heavy atom. The summed E-state index contributed by atoms with van der Waals surface area (Å²) in [6, 6.07) is 0.0828. The van der Waals surface area contributed by atoms with E-state index in [1.807, 2.05) is 6.92 Å². The summed E-state index contributed by atoms with van der Waals surface area (Å²) in [6.07, 6.45) is 3.34. The van der Waals surface area contributed by atoms with Crippen molar-refractivity contribution in [1.29, 1.82) is 0 Å². The van der Waals surface area contributed by atoms with Gasteiger partial charge in [-0.3, -0.25) is 4.79 Å². The van der Waals surface area contributed by atoms with Crippen LogP contribution in [0.1, 0.15) is 55.7 Å². The van der Waals surface area contributed by atoms with Crippen LogP contribution in [-0.4, -0.2) is 29.1 Å². The Balaban J connectivity index is 2.03. The van der Waals surface area contributed by atoms with Gasteiger partial charge in [0.1, 0.15) is 0 Å². The summed E-state index contributed by atoms with van der Waals surface area (Å²) in [5.74, 6) is 1.05. The molecule has 1 aromatic heterocycles. The first kappa shape index (κ1) is 13.0. The molecule has 1 aliphatic heterocycles. The van der Waals surface area contributed by atoms with Gasteiger partial charge in [-0.2, -0.15) is 4.98 Å². The molecule has 1 fully saturated rings. The van der Waals surface area contributed by atoms with E-state index in [4.69, 9.17) is 4.52 Å². The van der Waals surface area contributed by atoms with E-state index < -0.39 is 0 Å². The molecule has 6 nitrogen and oxygen atoms in total. The third-order valence-electron chi connectivity index (χ3n) is 3.37. The van der Waals surface area contributed by atoms with E-state index in [0.29, 0.717) is 18.4 Å². The maximum absolute atomic E-state index is 11.5. The number of amides is 1. The van der Waals surface area contributed by atoms with Gasteiger partial charge in [-0.1, -0.05) is 18.5 Å². The van der Waals surface area contributed by atoms with E-state index in [9.17, 15) is 4.79 Å². The highest BCUT2D eigenvalue weighted by atomic mass is 16.5. The van der Waals surface area contributed by atoms with Crippen molar-refractivity contribution in [3.05, 3.63) is 11.7 Å². The van der Waals surface area contributed by atoms with Gasteiger partial charge < -0.3 is 15.2 Å². The number of hydrogen-bond acceptors (Lipinski definition) is 5. The molecule has 2 N–H and O–H groups in total. The first-order valence-corrected chi connectivity index (χ1v) is 6.59. The van der Waals surface area contributed by atoms with Crippen molar-refractivity contribution in [2.75, 3.05) is 13.1 Å². The Morgan fingerprint density at radius 2 is 2.39 bits per heavy atom. The summed E-state index contributed by atoms with van der Waals surface area (Å²) < 4.78 is 5.18. The van der Waals surface area contributed by atoms with Gasteiger partial charge in [-0.25, -0.2) is 0 Å². The third kappa shape index (κ3) is 2.87. The van der Waals surface area contributed by atoms with E-state index in [1.54, 1.807) is 0 Å². The van der Waals surface area contributed by atoms with Gasteiger partial charge in [0.05, 0.1) is 6.04 Å². The smallest absolute Gasteiger partial charge is 0.292 e. The molecule has 1 aromatic rings. The van der Waals surface area contributed by atoms with Crippen LogP contribution in [0.3, 0.4) is 0 Å². The van der Waals surface area contributed by atoms with Gasteiger partial charge in [0, 0.05) is 6.54 Å². The topological polar surface area (TPSA) is 80.0 Å². The number of piperidine rings is 1. The van der Waals surface area contributed by atoms with Crippen molar-refractivity contribution < 1.29 is 9.32 Å². The van der Waals surface area contributed by atoms with E-state index in [2.05, 4.69) is 27.7 Å². The summed E-state index contributed by atoms with van der Waals surface area (Å²) >= 11 is 0. The summed E-state index contributed by atoms with van der Waals surface area (Å²) in [7, 11) is 0. The maximum atomic E-state index is 11.5. The van der Waals surface area contributed by atoms with E-state index in [0.717, 1.165) is 19.4 Å². The number of nitrogens with one attached hydrogen (secondary N) is 2. The zero-order valence-electron chi connectivity index (χ0n) is 10.9. The highest BCUT2D eigenvalue weighted by Gasteiger charge is 2.27. The first-order valence-electron chi connectivity index (χ1n) is 6.59. The Labute approximate surface area is 107 Å². The van der Waals surface area contributed by atoms with Crippen molar-refractivity contribution in [3.63, 3.8) is 0 Å². The quantitative estimate of drug-likeness (QED) is 0.843. The Hall–Kier alpha value is -1.43. The van der Waals surface area contributed by atoms with Crippen LogP contribution in [0.2, 0.25) is 0 Å². The standard InChI is InChI=1S/C12H20N4O2/c1-3-8-5-6-14-9(7-8)12-15-10(16-18-12)11(17)13-4-2/h8-9,14H,3-7H2,1-2H3,(H,13,17). The molecular formula is C12H20N4O2. The van der Waals surface area contributed by atoms with Crippen LogP contribution >= 0.6 is 0 Å². The summed E-state index contributed by atoms with van der Waals surface area (Å²) in [5.41, 5.74) is 0. The van der Waals surface area contributed by atoms with Crippen molar-refractivity contribution in [2.24, 2.45) is 5.92 Å². The van der Waals surface area contributed by atoms with E-state index in [1.165, 1.54) is 6.42 Å². The Morgan fingerprint density at radius 3 is 3.11 bits per heavy atom. The number of rotatable bonds is 4. The molecule has 1 saturated heterocycles. The molecule has 2 unspecified atom stereocenters. The van der Waals surface area contributed by atoms with Crippen LogP contribution in [-0.2, 0) is 0 Å². The van der Waals surface area contributed by atoms with Gasteiger partial charge in [-0.15, -0.1) is 0 Å². The lowest BCUT2D eigenvalue weighted by Crippen LogP contribution is -2.32. The molecular weight excluding hydrogens is 232 g/mol. The number of carbonyl (C=O) groups excluding carboxylic acids is 1. The van der Waals surface area contributed by atoms with Gasteiger partial charge in [0.25, 0.3) is 11.7 Å². The molecule has 1 amide bonds. The average Bonchev–Trinajstić information content (AvgIpc) is 2.89. The fourth-order valence-electron chi connectivity index (χ4n) is 2.26. The number of nitrogens with zero attached hydrogens (tertiary/aromatic N) is 2. The second kappa shape index (κ2) is 5.95.